The fourth-order valence-corrected chi connectivity index (χ4v) is 1.99. The molecule has 0 bridgehead atoms. The first kappa shape index (κ1) is 13.6. The average molecular weight is 278 g/mol. The highest BCUT2D eigenvalue weighted by molar-refractivity contribution is 7.07. The predicted octanol–water partition coefficient (Wildman–Crippen LogP) is 2.43. The number of nitrogens with zero attached hydrogens (tertiary/aromatic N) is 2. The molecule has 19 heavy (non-hydrogen) atoms. The van der Waals surface area contributed by atoms with Crippen molar-refractivity contribution in [2.75, 3.05) is 6.61 Å². The van der Waals surface area contributed by atoms with Crippen LogP contribution in [0.4, 0.5) is 0 Å². The SMILES string of the molecule is CCOC(=O)c1nc(COCc2ccccc2)ns1. The Balaban J connectivity index is 1.82. The summed E-state index contributed by atoms with van der Waals surface area (Å²) in [4.78, 5) is 15.5. The summed E-state index contributed by atoms with van der Waals surface area (Å²) < 4.78 is 14.4. The standard InChI is InChI=1S/C13H14N2O3S/c1-2-18-13(16)12-14-11(15-19-12)9-17-8-10-6-4-3-5-7-10/h3-7H,2,8-9H2,1H3. The van der Waals surface area contributed by atoms with Crippen molar-refractivity contribution in [2.45, 2.75) is 20.1 Å². The Labute approximate surface area is 115 Å². The molecule has 6 heteroatoms. The van der Waals surface area contributed by atoms with Crippen LogP contribution in [0.3, 0.4) is 0 Å². The quantitative estimate of drug-likeness (QED) is 0.759. The number of hydrogen-bond donors (Lipinski definition) is 0. The lowest BCUT2D eigenvalue weighted by Crippen LogP contribution is -2.04. The summed E-state index contributed by atoms with van der Waals surface area (Å²) in [5.41, 5.74) is 1.09. The largest absolute Gasteiger partial charge is 0.461 e. The Morgan fingerprint density at radius 2 is 2.05 bits per heavy atom. The molecule has 100 valence electrons. The molecule has 1 aromatic carbocycles. The smallest absolute Gasteiger partial charge is 0.369 e. The molecule has 0 unspecified atom stereocenters. The molecule has 0 atom stereocenters. The number of ether oxygens (including phenoxy) is 2. The van der Waals surface area contributed by atoms with Crippen LogP contribution in [0.2, 0.25) is 0 Å². The van der Waals surface area contributed by atoms with Crippen molar-refractivity contribution in [1.82, 2.24) is 9.36 Å². The summed E-state index contributed by atoms with van der Waals surface area (Å²) >= 11 is 1.03. The molecule has 0 saturated carbocycles. The second-order valence-electron chi connectivity index (χ2n) is 3.71. The van der Waals surface area contributed by atoms with Crippen molar-refractivity contribution in [3.05, 3.63) is 46.7 Å². The third kappa shape index (κ3) is 4.11. The predicted molar refractivity (Wildman–Crippen MR) is 70.8 cm³/mol. The molecule has 0 radical (unpaired) electrons. The molecule has 0 amide bonds. The minimum atomic E-state index is -0.436. The van der Waals surface area contributed by atoms with E-state index in [0.717, 1.165) is 17.1 Å². The van der Waals surface area contributed by atoms with Crippen LogP contribution >= 0.6 is 11.5 Å². The average Bonchev–Trinajstić information content (AvgIpc) is 2.89. The molecule has 1 aromatic heterocycles. The van der Waals surface area contributed by atoms with Crippen LogP contribution in [-0.4, -0.2) is 21.9 Å². The van der Waals surface area contributed by atoms with Crippen LogP contribution < -0.4 is 0 Å². The van der Waals surface area contributed by atoms with Gasteiger partial charge >= 0.3 is 5.97 Å². The van der Waals surface area contributed by atoms with Gasteiger partial charge in [-0.3, -0.25) is 0 Å². The van der Waals surface area contributed by atoms with Crippen molar-refractivity contribution in [3.63, 3.8) is 0 Å². The highest BCUT2D eigenvalue weighted by Crippen LogP contribution is 2.09. The van der Waals surface area contributed by atoms with E-state index in [-0.39, 0.29) is 11.6 Å². The highest BCUT2D eigenvalue weighted by atomic mass is 32.1. The normalized spacial score (nSPS) is 10.4. The number of rotatable bonds is 6. The van der Waals surface area contributed by atoms with Crippen LogP contribution in [0.25, 0.3) is 0 Å². The molecular formula is C13H14N2O3S. The molecule has 2 rings (SSSR count). The molecule has 0 aliphatic heterocycles. The van der Waals surface area contributed by atoms with Crippen molar-refractivity contribution in [3.8, 4) is 0 Å². The Morgan fingerprint density at radius 1 is 1.26 bits per heavy atom. The third-order valence-electron chi connectivity index (χ3n) is 2.26. The van der Waals surface area contributed by atoms with Gasteiger partial charge in [0.1, 0.15) is 6.61 Å². The maximum Gasteiger partial charge on any atom is 0.369 e. The first-order chi connectivity index (χ1) is 9.29. The summed E-state index contributed by atoms with van der Waals surface area (Å²) in [6.45, 7) is 2.86. The minimum absolute atomic E-state index is 0.264. The topological polar surface area (TPSA) is 61.3 Å². The van der Waals surface area contributed by atoms with Crippen LogP contribution in [-0.2, 0) is 22.7 Å². The van der Waals surface area contributed by atoms with Gasteiger partial charge < -0.3 is 9.47 Å². The maximum absolute atomic E-state index is 11.4. The van der Waals surface area contributed by atoms with E-state index in [9.17, 15) is 4.79 Å². The summed E-state index contributed by atoms with van der Waals surface area (Å²) in [6.07, 6.45) is 0. The Morgan fingerprint density at radius 3 is 2.79 bits per heavy atom. The van der Waals surface area contributed by atoms with Crippen molar-refractivity contribution in [1.29, 1.82) is 0 Å². The van der Waals surface area contributed by atoms with Gasteiger partial charge in [-0.05, 0) is 24.0 Å². The van der Waals surface area contributed by atoms with E-state index in [4.69, 9.17) is 9.47 Å². The molecule has 0 saturated heterocycles. The Hall–Kier alpha value is -1.79. The lowest BCUT2D eigenvalue weighted by molar-refractivity contribution is 0.0524. The zero-order valence-corrected chi connectivity index (χ0v) is 11.4. The van der Waals surface area contributed by atoms with E-state index in [1.807, 2.05) is 30.3 Å². The summed E-state index contributed by atoms with van der Waals surface area (Å²) in [7, 11) is 0. The number of esters is 1. The highest BCUT2D eigenvalue weighted by Gasteiger charge is 2.13. The van der Waals surface area contributed by atoms with E-state index >= 15 is 0 Å². The van der Waals surface area contributed by atoms with Gasteiger partial charge in [0.25, 0.3) is 0 Å². The zero-order chi connectivity index (χ0) is 13.5. The van der Waals surface area contributed by atoms with Gasteiger partial charge in [0.2, 0.25) is 5.01 Å². The van der Waals surface area contributed by atoms with Crippen molar-refractivity contribution >= 4 is 17.5 Å². The molecule has 5 nitrogen and oxygen atoms in total. The fourth-order valence-electron chi connectivity index (χ4n) is 1.42. The van der Waals surface area contributed by atoms with E-state index in [1.54, 1.807) is 6.92 Å². The van der Waals surface area contributed by atoms with Crippen LogP contribution in [0.5, 0.6) is 0 Å². The lowest BCUT2D eigenvalue weighted by atomic mass is 10.2. The first-order valence-electron chi connectivity index (χ1n) is 5.91. The van der Waals surface area contributed by atoms with Gasteiger partial charge in [-0.25, -0.2) is 9.78 Å². The zero-order valence-electron chi connectivity index (χ0n) is 10.5. The van der Waals surface area contributed by atoms with Crippen molar-refractivity contribution in [2.24, 2.45) is 0 Å². The van der Waals surface area contributed by atoms with Gasteiger partial charge in [-0.2, -0.15) is 4.37 Å². The van der Waals surface area contributed by atoms with Gasteiger partial charge in [0.15, 0.2) is 5.82 Å². The second kappa shape index (κ2) is 6.96. The van der Waals surface area contributed by atoms with Gasteiger partial charge in [-0.15, -0.1) is 0 Å². The van der Waals surface area contributed by atoms with Crippen LogP contribution in [0.15, 0.2) is 30.3 Å². The fraction of sp³-hybridized carbons (Fsp3) is 0.308. The molecule has 0 aliphatic carbocycles. The monoisotopic (exact) mass is 278 g/mol. The van der Waals surface area contributed by atoms with E-state index in [2.05, 4.69) is 9.36 Å². The maximum atomic E-state index is 11.4. The molecule has 2 aromatic rings. The number of aromatic nitrogens is 2. The summed E-state index contributed by atoms with van der Waals surface area (Å²) in [5, 5.41) is 0.264. The molecular weight excluding hydrogens is 264 g/mol. The van der Waals surface area contributed by atoms with Crippen molar-refractivity contribution < 1.29 is 14.3 Å². The number of benzene rings is 1. The summed E-state index contributed by atoms with van der Waals surface area (Å²) in [6, 6.07) is 9.84. The second-order valence-corrected chi connectivity index (χ2v) is 4.47. The lowest BCUT2D eigenvalue weighted by Gasteiger charge is -2.01. The van der Waals surface area contributed by atoms with Gasteiger partial charge in [0, 0.05) is 0 Å². The van der Waals surface area contributed by atoms with E-state index in [1.165, 1.54) is 0 Å². The Bertz CT molecular complexity index is 528. The third-order valence-corrected chi connectivity index (χ3v) is 2.99. The van der Waals surface area contributed by atoms with Crippen LogP contribution in [0, 0.1) is 0 Å². The van der Waals surface area contributed by atoms with Gasteiger partial charge in [0.05, 0.1) is 13.2 Å². The van der Waals surface area contributed by atoms with Gasteiger partial charge in [-0.1, -0.05) is 30.3 Å². The molecule has 0 spiro atoms. The van der Waals surface area contributed by atoms with E-state index in [0.29, 0.717) is 19.0 Å². The van der Waals surface area contributed by atoms with Crippen LogP contribution in [0.1, 0.15) is 28.1 Å². The summed E-state index contributed by atoms with van der Waals surface area (Å²) in [5.74, 6) is 0.0679. The number of carbonyl (C=O) groups is 1. The first-order valence-corrected chi connectivity index (χ1v) is 6.68. The Kier molecular flexibility index (Phi) is 5.00. The minimum Gasteiger partial charge on any atom is -0.461 e. The number of carbonyl (C=O) groups excluding carboxylic acids is 1. The number of hydrogen-bond acceptors (Lipinski definition) is 6. The molecule has 0 N–H and O–H groups in total. The molecule has 0 fully saturated rings. The molecule has 1 heterocycles. The van der Waals surface area contributed by atoms with E-state index < -0.39 is 5.97 Å². The molecule has 0 aliphatic rings.